The van der Waals surface area contributed by atoms with Gasteiger partial charge in [0.2, 0.25) is 0 Å². The van der Waals surface area contributed by atoms with E-state index in [-0.39, 0.29) is 0 Å². The number of nitrogens with zero attached hydrogens (tertiary/aromatic N) is 1. The predicted octanol–water partition coefficient (Wildman–Crippen LogP) is 5.01. The molecule has 2 nitrogen and oxygen atoms in total. The molecule has 2 rings (SSSR count). The van der Waals surface area contributed by atoms with Crippen molar-refractivity contribution in [1.82, 2.24) is 0 Å². The van der Waals surface area contributed by atoms with Crippen LogP contribution < -0.4 is 4.74 Å². The molecule has 2 aromatic rings. The average Bonchev–Trinajstić information content (AvgIpc) is 2.39. The summed E-state index contributed by atoms with van der Waals surface area (Å²) in [4.78, 5) is 0. The lowest BCUT2D eigenvalue weighted by Gasteiger charge is -2.10. The molecule has 0 aromatic heterocycles. The number of halogens is 2. The Balaban J connectivity index is 2.33. The Morgan fingerprint density at radius 3 is 2.72 bits per heavy atom. The van der Waals surface area contributed by atoms with E-state index in [9.17, 15) is 0 Å². The van der Waals surface area contributed by atoms with Gasteiger partial charge < -0.3 is 4.74 Å². The molecule has 0 unspecified atom stereocenters. The smallest absolute Gasteiger partial charge is 0.132 e. The molecule has 0 aliphatic rings. The van der Waals surface area contributed by atoms with E-state index in [1.165, 1.54) is 0 Å². The molecule has 0 spiro atoms. The van der Waals surface area contributed by atoms with E-state index >= 15 is 0 Å². The van der Waals surface area contributed by atoms with Crippen LogP contribution in [0.25, 0.3) is 0 Å². The van der Waals surface area contributed by atoms with E-state index in [1.807, 2.05) is 24.3 Å². The summed E-state index contributed by atoms with van der Waals surface area (Å²) in [6, 6.07) is 15.1. The van der Waals surface area contributed by atoms with Crippen molar-refractivity contribution >= 4 is 31.9 Å². The lowest BCUT2D eigenvalue weighted by Crippen LogP contribution is -1.90. The molecule has 0 aliphatic heterocycles. The molecule has 0 amide bonds. The van der Waals surface area contributed by atoms with Gasteiger partial charge in [0.15, 0.2) is 0 Å². The lowest BCUT2D eigenvalue weighted by atomic mass is 10.2. The van der Waals surface area contributed by atoms with Gasteiger partial charge in [-0.3, -0.25) is 0 Å². The van der Waals surface area contributed by atoms with Gasteiger partial charge in [0.05, 0.1) is 11.6 Å². The molecule has 2 aromatic carbocycles. The first-order valence-corrected chi connectivity index (χ1v) is 7.17. The van der Waals surface area contributed by atoms with Crippen LogP contribution in [0.1, 0.15) is 11.1 Å². The molecule has 0 atom stereocenters. The lowest BCUT2D eigenvalue weighted by molar-refractivity contribution is 0.478. The van der Waals surface area contributed by atoms with E-state index < -0.39 is 0 Å². The molecule has 0 N–H and O–H groups in total. The minimum Gasteiger partial charge on any atom is -0.457 e. The standard InChI is InChI=1S/C14H9Br2NO/c15-8-11-4-5-12(16)7-14(11)18-13-3-1-2-10(6-13)9-17/h1-7H,8H2. The quantitative estimate of drug-likeness (QED) is 0.715. The number of benzene rings is 2. The van der Waals surface area contributed by atoms with E-state index in [0.29, 0.717) is 16.6 Å². The summed E-state index contributed by atoms with van der Waals surface area (Å²) in [6.45, 7) is 0. The zero-order valence-electron chi connectivity index (χ0n) is 9.36. The highest BCUT2D eigenvalue weighted by Gasteiger charge is 2.05. The first-order chi connectivity index (χ1) is 8.72. The maximum Gasteiger partial charge on any atom is 0.132 e. The third kappa shape index (κ3) is 3.12. The fourth-order valence-electron chi connectivity index (χ4n) is 1.49. The molecule has 0 radical (unpaired) electrons. The number of hydrogen-bond acceptors (Lipinski definition) is 2. The predicted molar refractivity (Wildman–Crippen MR) is 78.0 cm³/mol. The van der Waals surface area contributed by atoms with Crippen LogP contribution in [0.3, 0.4) is 0 Å². The monoisotopic (exact) mass is 365 g/mol. The molecular weight excluding hydrogens is 358 g/mol. The third-order valence-corrected chi connectivity index (χ3v) is 3.46. The van der Waals surface area contributed by atoms with Crippen molar-refractivity contribution in [3.63, 3.8) is 0 Å². The highest BCUT2D eigenvalue weighted by Crippen LogP contribution is 2.30. The molecular formula is C14H9Br2NO. The van der Waals surface area contributed by atoms with Crippen LogP contribution in [-0.4, -0.2) is 0 Å². The van der Waals surface area contributed by atoms with Crippen LogP contribution in [0, 0.1) is 11.3 Å². The van der Waals surface area contributed by atoms with Crippen molar-refractivity contribution in [2.45, 2.75) is 5.33 Å². The fourth-order valence-corrected chi connectivity index (χ4v) is 2.29. The van der Waals surface area contributed by atoms with Crippen molar-refractivity contribution in [2.75, 3.05) is 0 Å². The van der Waals surface area contributed by atoms with Gasteiger partial charge in [0, 0.05) is 15.4 Å². The minimum atomic E-state index is 0.586. The maximum atomic E-state index is 8.85. The number of ether oxygens (including phenoxy) is 1. The molecule has 4 heteroatoms. The number of nitriles is 1. The van der Waals surface area contributed by atoms with Crippen LogP contribution in [0.2, 0.25) is 0 Å². The molecule has 18 heavy (non-hydrogen) atoms. The minimum absolute atomic E-state index is 0.586. The summed E-state index contributed by atoms with van der Waals surface area (Å²) in [6.07, 6.45) is 0. The molecule has 90 valence electrons. The summed E-state index contributed by atoms with van der Waals surface area (Å²) in [5.41, 5.74) is 1.64. The third-order valence-electron chi connectivity index (χ3n) is 2.36. The number of hydrogen-bond donors (Lipinski definition) is 0. The SMILES string of the molecule is N#Cc1cccc(Oc2cc(Br)ccc2CBr)c1. The molecule has 0 aliphatic carbocycles. The van der Waals surface area contributed by atoms with Gasteiger partial charge >= 0.3 is 0 Å². The van der Waals surface area contributed by atoms with Gasteiger partial charge in [0.25, 0.3) is 0 Å². The molecule has 0 heterocycles. The number of alkyl halides is 1. The summed E-state index contributed by atoms with van der Waals surface area (Å²) in [7, 11) is 0. The van der Waals surface area contributed by atoms with E-state index in [4.69, 9.17) is 10.00 Å². The zero-order valence-corrected chi connectivity index (χ0v) is 12.5. The molecule has 0 saturated carbocycles. The highest BCUT2D eigenvalue weighted by molar-refractivity contribution is 9.10. The topological polar surface area (TPSA) is 33.0 Å². The Hall–Kier alpha value is -1.31. The second-order valence-corrected chi connectivity index (χ2v) is 5.10. The zero-order chi connectivity index (χ0) is 13.0. The summed E-state index contributed by atoms with van der Waals surface area (Å²) in [5, 5.41) is 9.57. The number of rotatable bonds is 3. The fraction of sp³-hybridized carbons (Fsp3) is 0.0714. The van der Waals surface area contributed by atoms with Crippen LogP contribution >= 0.6 is 31.9 Å². The van der Waals surface area contributed by atoms with Crippen molar-refractivity contribution in [3.8, 4) is 17.6 Å². The second-order valence-electron chi connectivity index (χ2n) is 3.63. The van der Waals surface area contributed by atoms with Gasteiger partial charge in [-0.05, 0) is 30.3 Å². The van der Waals surface area contributed by atoms with Crippen LogP contribution in [-0.2, 0) is 5.33 Å². The van der Waals surface area contributed by atoms with Gasteiger partial charge in [-0.2, -0.15) is 5.26 Å². The first kappa shape index (κ1) is 13.1. The van der Waals surface area contributed by atoms with Crippen LogP contribution in [0.4, 0.5) is 0 Å². The Morgan fingerprint density at radius 1 is 1.17 bits per heavy atom. The summed E-state index contributed by atoms with van der Waals surface area (Å²) in [5.74, 6) is 1.44. The molecule has 0 fully saturated rings. The van der Waals surface area contributed by atoms with Gasteiger partial charge in [-0.25, -0.2) is 0 Å². The van der Waals surface area contributed by atoms with Gasteiger partial charge in [-0.15, -0.1) is 0 Å². The summed E-state index contributed by atoms with van der Waals surface area (Å²) < 4.78 is 6.77. The van der Waals surface area contributed by atoms with Crippen molar-refractivity contribution < 1.29 is 4.74 Å². The maximum absolute atomic E-state index is 8.85. The molecule has 0 bridgehead atoms. The van der Waals surface area contributed by atoms with E-state index in [2.05, 4.69) is 37.9 Å². The Labute approximate surface area is 122 Å². The normalized spacial score (nSPS) is 9.83. The van der Waals surface area contributed by atoms with E-state index in [1.54, 1.807) is 18.2 Å². The van der Waals surface area contributed by atoms with Crippen LogP contribution in [0.15, 0.2) is 46.9 Å². The Bertz CT molecular complexity index is 605. The van der Waals surface area contributed by atoms with E-state index in [0.717, 1.165) is 15.8 Å². The van der Waals surface area contributed by atoms with Crippen molar-refractivity contribution in [1.29, 1.82) is 5.26 Å². The van der Waals surface area contributed by atoms with Crippen LogP contribution in [0.5, 0.6) is 11.5 Å². The summed E-state index contributed by atoms with van der Waals surface area (Å²) >= 11 is 6.85. The molecule has 0 saturated heterocycles. The van der Waals surface area contributed by atoms with Crippen molar-refractivity contribution in [3.05, 3.63) is 58.1 Å². The average molecular weight is 367 g/mol. The highest BCUT2D eigenvalue weighted by atomic mass is 79.9. The second kappa shape index (κ2) is 6.03. The Morgan fingerprint density at radius 2 is 2.00 bits per heavy atom. The van der Waals surface area contributed by atoms with Gasteiger partial charge in [-0.1, -0.05) is 44.0 Å². The largest absolute Gasteiger partial charge is 0.457 e. The van der Waals surface area contributed by atoms with Crippen molar-refractivity contribution in [2.24, 2.45) is 0 Å². The Kier molecular flexibility index (Phi) is 4.40. The first-order valence-electron chi connectivity index (χ1n) is 5.25. The van der Waals surface area contributed by atoms with Gasteiger partial charge in [0.1, 0.15) is 11.5 Å².